The normalized spacial score (nSPS) is 18.4. The van der Waals surface area contributed by atoms with Gasteiger partial charge in [0.25, 0.3) is 0 Å². The third kappa shape index (κ3) is 1.47. The number of anilines is 1. The van der Waals surface area contributed by atoms with E-state index in [1.165, 1.54) is 6.07 Å². The topological polar surface area (TPSA) is 58.2 Å². The molecule has 1 aromatic carbocycles. The molecule has 14 heavy (non-hydrogen) atoms. The van der Waals surface area contributed by atoms with E-state index in [1.54, 1.807) is 6.07 Å². The lowest BCUT2D eigenvalue weighted by Gasteiger charge is -2.20. The monoisotopic (exact) mass is 232 g/mol. The molecule has 0 unspecified atom stereocenters. The van der Waals surface area contributed by atoms with Crippen molar-refractivity contribution < 1.29 is 8.42 Å². The second-order valence-electron chi connectivity index (χ2n) is 3.10. The summed E-state index contributed by atoms with van der Waals surface area (Å²) in [6.07, 6.45) is 0. The highest BCUT2D eigenvalue weighted by molar-refractivity contribution is 7.89. The Balaban J connectivity index is 2.71. The number of sulfonamides is 1. The van der Waals surface area contributed by atoms with Gasteiger partial charge in [0.15, 0.2) is 0 Å². The maximum Gasteiger partial charge on any atom is 0.244 e. The van der Waals surface area contributed by atoms with Gasteiger partial charge in [-0.05, 0) is 24.6 Å². The molecule has 0 spiro atoms. The lowest BCUT2D eigenvalue weighted by Crippen LogP contribution is -2.34. The Morgan fingerprint density at radius 3 is 2.86 bits per heavy atom. The van der Waals surface area contributed by atoms with Gasteiger partial charge in [-0.3, -0.25) is 0 Å². The highest BCUT2D eigenvalue weighted by Crippen LogP contribution is 2.29. The summed E-state index contributed by atoms with van der Waals surface area (Å²) in [6.45, 7) is 2.05. The van der Waals surface area contributed by atoms with Crippen LogP contribution in [0.2, 0.25) is 5.02 Å². The van der Waals surface area contributed by atoms with E-state index in [9.17, 15) is 8.42 Å². The Labute approximate surface area is 87.3 Å². The summed E-state index contributed by atoms with van der Waals surface area (Å²) in [5.41, 5.74) is 1.46. The van der Waals surface area contributed by atoms with Crippen LogP contribution in [-0.4, -0.2) is 15.1 Å². The van der Waals surface area contributed by atoms with Gasteiger partial charge in [0, 0.05) is 5.02 Å². The molecular weight excluding hydrogens is 224 g/mol. The zero-order valence-corrected chi connectivity index (χ0v) is 9.04. The third-order valence-electron chi connectivity index (χ3n) is 2.09. The van der Waals surface area contributed by atoms with Gasteiger partial charge >= 0.3 is 0 Å². The average molecular weight is 233 g/mol. The molecular formula is C8H9ClN2O2S. The van der Waals surface area contributed by atoms with Crippen molar-refractivity contribution in [1.82, 2.24) is 4.72 Å². The van der Waals surface area contributed by atoms with Crippen LogP contribution in [0.1, 0.15) is 5.56 Å². The van der Waals surface area contributed by atoms with E-state index in [4.69, 9.17) is 11.6 Å². The number of benzene rings is 1. The Morgan fingerprint density at radius 1 is 1.43 bits per heavy atom. The zero-order valence-electron chi connectivity index (χ0n) is 7.46. The number of hydrogen-bond acceptors (Lipinski definition) is 3. The molecule has 76 valence electrons. The van der Waals surface area contributed by atoms with E-state index >= 15 is 0 Å². The zero-order chi connectivity index (χ0) is 10.3. The Morgan fingerprint density at radius 2 is 2.14 bits per heavy atom. The van der Waals surface area contributed by atoms with Crippen molar-refractivity contribution in [3.63, 3.8) is 0 Å². The van der Waals surface area contributed by atoms with Gasteiger partial charge in [0.1, 0.15) is 4.90 Å². The lowest BCUT2D eigenvalue weighted by atomic mass is 10.2. The van der Waals surface area contributed by atoms with E-state index in [0.717, 1.165) is 5.56 Å². The van der Waals surface area contributed by atoms with E-state index in [2.05, 4.69) is 10.0 Å². The molecule has 1 aliphatic heterocycles. The third-order valence-corrected chi connectivity index (χ3v) is 3.94. The smallest absolute Gasteiger partial charge is 0.244 e. The van der Waals surface area contributed by atoms with Crippen LogP contribution in [0.25, 0.3) is 0 Å². The first-order chi connectivity index (χ1) is 6.50. The molecule has 0 aliphatic carbocycles. The fourth-order valence-electron chi connectivity index (χ4n) is 1.33. The standard InChI is InChI=1S/C8H9ClN2O2S/c1-5-2-7-8(3-6(5)9)14(12,13)11-4-10-7/h2-3,10-11H,4H2,1H3. The van der Waals surface area contributed by atoms with Crippen molar-refractivity contribution in [3.8, 4) is 0 Å². The molecule has 0 bridgehead atoms. The van der Waals surface area contributed by atoms with Gasteiger partial charge in [-0.1, -0.05) is 11.6 Å². The first-order valence-electron chi connectivity index (χ1n) is 4.04. The predicted octanol–water partition coefficient (Wildman–Crippen LogP) is 1.31. The van der Waals surface area contributed by atoms with E-state index in [-0.39, 0.29) is 11.6 Å². The average Bonchev–Trinajstić information content (AvgIpc) is 2.08. The fraction of sp³-hybridized carbons (Fsp3) is 0.250. The van der Waals surface area contributed by atoms with Crippen molar-refractivity contribution in [2.24, 2.45) is 0 Å². The molecule has 1 aromatic rings. The summed E-state index contributed by atoms with van der Waals surface area (Å²) in [7, 11) is -3.38. The van der Waals surface area contributed by atoms with Crippen LogP contribution in [0.5, 0.6) is 0 Å². The molecule has 6 heteroatoms. The van der Waals surface area contributed by atoms with Crippen LogP contribution in [-0.2, 0) is 10.0 Å². The van der Waals surface area contributed by atoms with Crippen LogP contribution in [0.3, 0.4) is 0 Å². The fourth-order valence-corrected chi connectivity index (χ4v) is 2.67. The van der Waals surface area contributed by atoms with Crippen LogP contribution >= 0.6 is 11.6 Å². The van der Waals surface area contributed by atoms with Gasteiger partial charge in [-0.25, -0.2) is 8.42 Å². The number of aryl methyl sites for hydroxylation is 1. The van der Waals surface area contributed by atoms with Crippen LogP contribution in [0.4, 0.5) is 5.69 Å². The molecule has 4 nitrogen and oxygen atoms in total. The van der Waals surface area contributed by atoms with Gasteiger partial charge in [0.2, 0.25) is 10.0 Å². The lowest BCUT2D eigenvalue weighted by molar-refractivity contribution is 0.581. The Kier molecular flexibility index (Phi) is 2.17. The minimum absolute atomic E-state index is 0.208. The minimum Gasteiger partial charge on any atom is -0.370 e. The van der Waals surface area contributed by atoms with Gasteiger partial charge in [-0.15, -0.1) is 0 Å². The number of nitrogens with one attached hydrogen (secondary N) is 2. The van der Waals surface area contributed by atoms with E-state index in [0.29, 0.717) is 10.7 Å². The van der Waals surface area contributed by atoms with Crippen molar-refractivity contribution >= 4 is 27.3 Å². The molecule has 2 N–H and O–H groups in total. The van der Waals surface area contributed by atoms with Crippen LogP contribution < -0.4 is 10.0 Å². The summed E-state index contributed by atoms with van der Waals surface area (Å²) < 4.78 is 25.4. The summed E-state index contributed by atoms with van der Waals surface area (Å²) in [4.78, 5) is 0.208. The summed E-state index contributed by atoms with van der Waals surface area (Å²) in [5.74, 6) is 0. The molecule has 0 atom stereocenters. The molecule has 1 aliphatic rings. The van der Waals surface area contributed by atoms with E-state index in [1.807, 2.05) is 6.92 Å². The van der Waals surface area contributed by atoms with Crippen LogP contribution in [0.15, 0.2) is 17.0 Å². The molecule has 0 amide bonds. The van der Waals surface area contributed by atoms with Gasteiger partial charge < -0.3 is 5.32 Å². The first kappa shape index (κ1) is 9.76. The maximum absolute atomic E-state index is 11.5. The molecule has 0 aromatic heterocycles. The Hall–Kier alpha value is -0.780. The maximum atomic E-state index is 11.5. The summed E-state index contributed by atoms with van der Waals surface area (Å²) in [5, 5.41) is 3.39. The number of halogens is 1. The van der Waals surface area contributed by atoms with Crippen molar-refractivity contribution in [2.45, 2.75) is 11.8 Å². The molecule has 2 rings (SSSR count). The molecule has 0 saturated heterocycles. The predicted molar refractivity (Wildman–Crippen MR) is 55.0 cm³/mol. The van der Waals surface area contributed by atoms with Crippen molar-refractivity contribution in [2.75, 3.05) is 12.0 Å². The van der Waals surface area contributed by atoms with E-state index < -0.39 is 10.0 Å². The first-order valence-corrected chi connectivity index (χ1v) is 5.90. The van der Waals surface area contributed by atoms with Gasteiger partial charge in [0.05, 0.1) is 12.4 Å². The Bertz CT molecular complexity index is 484. The van der Waals surface area contributed by atoms with Crippen LogP contribution in [0, 0.1) is 6.92 Å². The summed E-state index contributed by atoms with van der Waals surface area (Å²) in [6, 6.07) is 3.19. The van der Waals surface area contributed by atoms with Crippen molar-refractivity contribution in [1.29, 1.82) is 0 Å². The minimum atomic E-state index is -3.38. The van der Waals surface area contributed by atoms with Gasteiger partial charge in [-0.2, -0.15) is 4.72 Å². The molecule has 1 heterocycles. The number of rotatable bonds is 0. The molecule has 0 fully saturated rings. The SMILES string of the molecule is Cc1cc2c(cc1Cl)S(=O)(=O)NCN2. The second-order valence-corrected chi connectivity index (χ2v) is 5.24. The largest absolute Gasteiger partial charge is 0.370 e. The van der Waals surface area contributed by atoms with Crippen molar-refractivity contribution in [3.05, 3.63) is 22.7 Å². The second kappa shape index (κ2) is 3.12. The summed E-state index contributed by atoms with van der Waals surface area (Å²) >= 11 is 5.85. The molecule has 0 saturated carbocycles. The molecule has 0 radical (unpaired) electrons. The highest BCUT2D eigenvalue weighted by atomic mass is 35.5. The number of hydrogen-bond donors (Lipinski definition) is 2. The quantitative estimate of drug-likeness (QED) is 0.709. The highest BCUT2D eigenvalue weighted by Gasteiger charge is 2.23. The number of fused-ring (bicyclic) bond motifs is 1.